The van der Waals surface area contributed by atoms with Crippen molar-refractivity contribution in [2.24, 2.45) is 0 Å². The smallest absolute Gasteiger partial charge is 0.248 e. The van der Waals surface area contributed by atoms with E-state index in [2.05, 4.69) is 4.98 Å². The predicted octanol–water partition coefficient (Wildman–Crippen LogP) is 4.44. The number of benzene rings is 1. The van der Waals surface area contributed by atoms with Crippen LogP contribution in [0.1, 0.15) is 17.4 Å². The fourth-order valence-electron chi connectivity index (χ4n) is 2.07. The lowest BCUT2D eigenvalue weighted by molar-refractivity contribution is -0.116. The first-order valence-electron chi connectivity index (χ1n) is 6.43. The lowest BCUT2D eigenvalue weighted by atomic mass is 10.1. The Balaban J connectivity index is 1.82. The number of anilines is 1. The summed E-state index contributed by atoms with van der Waals surface area (Å²) in [4.78, 5) is 18.7. The van der Waals surface area contributed by atoms with Crippen LogP contribution >= 0.6 is 46.3 Å². The van der Waals surface area contributed by atoms with Gasteiger partial charge < -0.3 is 0 Å². The molecule has 1 aliphatic rings. The number of amides is 1. The second-order valence-electron chi connectivity index (χ2n) is 4.76. The largest absolute Gasteiger partial charge is 0.278 e. The van der Waals surface area contributed by atoms with Crippen LogP contribution in [0.3, 0.4) is 0 Å². The van der Waals surface area contributed by atoms with E-state index in [-0.39, 0.29) is 16.3 Å². The van der Waals surface area contributed by atoms with Crippen LogP contribution in [0.15, 0.2) is 24.4 Å². The third kappa shape index (κ3) is 3.01. The number of thiazole rings is 1. The van der Waals surface area contributed by atoms with Gasteiger partial charge in [-0.3, -0.25) is 10.2 Å². The summed E-state index contributed by atoms with van der Waals surface area (Å²) in [6, 6.07) is 5.38. The van der Waals surface area contributed by atoms with Crippen LogP contribution < -0.4 is 4.90 Å². The third-order valence-corrected chi connectivity index (χ3v) is 5.70. The summed E-state index contributed by atoms with van der Waals surface area (Å²) < 4.78 is 0. The lowest BCUT2D eigenvalue weighted by Crippen LogP contribution is -2.30. The van der Waals surface area contributed by atoms with Crippen LogP contribution in [0.25, 0.3) is 0 Å². The SMILES string of the molecule is C[C@H]1SC(=N)N(c2ncc(Cc3ccc(Cl)cc3Cl)s2)C1=O. The van der Waals surface area contributed by atoms with Gasteiger partial charge in [0.05, 0.1) is 5.25 Å². The number of carbonyl (C=O) groups excluding carboxylic acids is 1. The maximum atomic E-state index is 12.1. The molecule has 1 aromatic carbocycles. The number of rotatable bonds is 3. The Morgan fingerprint density at radius 1 is 1.41 bits per heavy atom. The molecule has 4 nitrogen and oxygen atoms in total. The number of hydrogen-bond donors (Lipinski definition) is 1. The van der Waals surface area contributed by atoms with Gasteiger partial charge >= 0.3 is 0 Å². The molecular weight excluding hydrogens is 361 g/mol. The first kappa shape index (κ1) is 15.8. The highest BCUT2D eigenvalue weighted by atomic mass is 35.5. The topological polar surface area (TPSA) is 57.1 Å². The van der Waals surface area contributed by atoms with E-state index in [0.29, 0.717) is 21.6 Å². The number of aromatic nitrogens is 1. The molecule has 1 fully saturated rings. The third-order valence-electron chi connectivity index (χ3n) is 3.17. The summed E-state index contributed by atoms with van der Waals surface area (Å²) in [6.07, 6.45) is 2.34. The molecular formula is C14H11Cl2N3OS2. The molecule has 1 atom stereocenters. The van der Waals surface area contributed by atoms with Crippen molar-refractivity contribution in [1.82, 2.24) is 4.98 Å². The summed E-state index contributed by atoms with van der Waals surface area (Å²) in [7, 11) is 0. The molecule has 1 amide bonds. The first-order valence-corrected chi connectivity index (χ1v) is 8.88. The fourth-order valence-corrected chi connectivity index (χ4v) is 4.37. The van der Waals surface area contributed by atoms with Crippen LogP contribution in [0.5, 0.6) is 0 Å². The molecule has 2 heterocycles. The van der Waals surface area contributed by atoms with E-state index in [1.165, 1.54) is 28.0 Å². The quantitative estimate of drug-likeness (QED) is 0.866. The minimum absolute atomic E-state index is 0.0968. The van der Waals surface area contributed by atoms with Crippen molar-refractivity contribution in [3.05, 3.63) is 44.9 Å². The predicted molar refractivity (Wildman–Crippen MR) is 93.6 cm³/mol. The summed E-state index contributed by atoms with van der Waals surface area (Å²) in [6.45, 7) is 1.80. The van der Waals surface area contributed by atoms with Crippen LogP contribution in [0, 0.1) is 5.41 Å². The highest BCUT2D eigenvalue weighted by Crippen LogP contribution is 2.34. The molecule has 1 N–H and O–H groups in total. The van der Waals surface area contributed by atoms with E-state index in [4.69, 9.17) is 28.6 Å². The van der Waals surface area contributed by atoms with Gasteiger partial charge in [0.25, 0.3) is 0 Å². The van der Waals surface area contributed by atoms with Gasteiger partial charge in [-0.1, -0.05) is 41.0 Å². The van der Waals surface area contributed by atoms with Crippen LogP contribution in [0.2, 0.25) is 10.0 Å². The Morgan fingerprint density at radius 2 is 2.18 bits per heavy atom. The maximum absolute atomic E-state index is 12.1. The highest BCUT2D eigenvalue weighted by molar-refractivity contribution is 8.16. The van der Waals surface area contributed by atoms with E-state index in [9.17, 15) is 4.79 Å². The monoisotopic (exact) mass is 371 g/mol. The number of amidine groups is 1. The molecule has 1 saturated heterocycles. The van der Waals surface area contributed by atoms with E-state index in [1.54, 1.807) is 25.3 Å². The van der Waals surface area contributed by atoms with Gasteiger partial charge in [-0.25, -0.2) is 9.88 Å². The van der Waals surface area contributed by atoms with Crippen molar-refractivity contribution in [1.29, 1.82) is 5.41 Å². The lowest BCUT2D eigenvalue weighted by Gasteiger charge is -2.10. The number of nitrogens with zero attached hydrogens (tertiary/aromatic N) is 2. The Kier molecular flexibility index (Phi) is 4.45. The average Bonchev–Trinajstić information content (AvgIpc) is 2.99. The Morgan fingerprint density at radius 3 is 2.82 bits per heavy atom. The minimum Gasteiger partial charge on any atom is -0.278 e. The number of nitrogens with one attached hydrogen (secondary N) is 1. The van der Waals surface area contributed by atoms with Crippen molar-refractivity contribution in [2.45, 2.75) is 18.6 Å². The number of thioether (sulfide) groups is 1. The van der Waals surface area contributed by atoms with Crippen molar-refractivity contribution < 1.29 is 4.79 Å². The summed E-state index contributed by atoms with van der Waals surface area (Å²) >= 11 is 14.7. The minimum atomic E-state index is -0.231. The standard InChI is InChI=1S/C14H11Cl2N3OS2/c1-7-12(20)19(13(17)21-7)14-18-6-10(22-14)4-8-2-3-9(15)5-11(8)16/h2-3,5-7,17H,4H2,1H3/t7-/m1/s1. The molecule has 0 unspecified atom stereocenters. The molecule has 1 aliphatic heterocycles. The molecule has 2 aromatic rings. The number of hydrogen-bond acceptors (Lipinski definition) is 5. The van der Waals surface area contributed by atoms with Gasteiger partial charge in [0.1, 0.15) is 0 Å². The Bertz CT molecular complexity index is 762. The normalized spacial score (nSPS) is 18.3. The average molecular weight is 372 g/mol. The molecule has 114 valence electrons. The van der Waals surface area contributed by atoms with Crippen LogP contribution in [0.4, 0.5) is 5.13 Å². The second kappa shape index (κ2) is 6.20. The summed E-state index contributed by atoms with van der Waals surface area (Å²) in [5.41, 5.74) is 0.951. The molecule has 22 heavy (non-hydrogen) atoms. The maximum Gasteiger partial charge on any atom is 0.248 e. The summed E-state index contributed by atoms with van der Waals surface area (Å²) in [5, 5.41) is 9.63. The number of halogens is 2. The highest BCUT2D eigenvalue weighted by Gasteiger charge is 2.36. The van der Waals surface area contributed by atoms with Crippen LogP contribution in [-0.4, -0.2) is 21.3 Å². The van der Waals surface area contributed by atoms with E-state index in [0.717, 1.165) is 10.4 Å². The van der Waals surface area contributed by atoms with Crippen molar-refractivity contribution in [3.8, 4) is 0 Å². The second-order valence-corrected chi connectivity index (χ2v) is 8.03. The van der Waals surface area contributed by atoms with E-state index >= 15 is 0 Å². The Labute approximate surface area is 146 Å². The first-order chi connectivity index (χ1) is 10.5. The fraction of sp³-hybridized carbons (Fsp3) is 0.214. The zero-order valence-electron chi connectivity index (χ0n) is 11.5. The van der Waals surface area contributed by atoms with E-state index in [1.807, 2.05) is 6.07 Å². The van der Waals surface area contributed by atoms with Gasteiger partial charge in [0.15, 0.2) is 10.3 Å². The number of carbonyl (C=O) groups is 1. The van der Waals surface area contributed by atoms with Gasteiger partial charge in [-0.2, -0.15) is 0 Å². The van der Waals surface area contributed by atoms with Gasteiger partial charge in [0, 0.05) is 27.5 Å². The molecule has 8 heteroatoms. The molecule has 1 aromatic heterocycles. The molecule has 0 aliphatic carbocycles. The Hall–Kier alpha value is -1.08. The van der Waals surface area contributed by atoms with Crippen molar-refractivity contribution >= 4 is 62.5 Å². The molecule has 0 radical (unpaired) electrons. The molecule has 0 saturated carbocycles. The van der Waals surface area contributed by atoms with Crippen molar-refractivity contribution in [2.75, 3.05) is 4.90 Å². The van der Waals surface area contributed by atoms with Gasteiger partial charge in [0.2, 0.25) is 5.91 Å². The zero-order chi connectivity index (χ0) is 15.9. The van der Waals surface area contributed by atoms with Crippen LogP contribution in [-0.2, 0) is 11.2 Å². The summed E-state index contributed by atoms with van der Waals surface area (Å²) in [5.74, 6) is -0.0968. The molecule has 0 spiro atoms. The van der Waals surface area contributed by atoms with Crippen molar-refractivity contribution in [3.63, 3.8) is 0 Å². The van der Waals surface area contributed by atoms with E-state index < -0.39 is 0 Å². The van der Waals surface area contributed by atoms with Gasteiger partial charge in [-0.05, 0) is 24.6 Å². The molecule has 0 bridgehead atoms. The molecule has 3 rings (SSSR count). The zero-order valence-corrected chi connectivity index (χ0v) is 14.6. The van der Waals surface area contributed by atoms with Gasteiger partial charge in [-0.15, -0.1) is 11.3 Å².